The molecule has 0 spiro atoms. The summed E-state index contributed by atoms with van der Waals surface area (Å²) in [6, 6.07) is 6.74. The molecule has 2 N–H and O–H groups in total. The number of ether oxygens (including phenoxy) is 2. The van der Waals surface area contributed by atoms with E-state index in [0.29, 0.717) is 47.8 Å². The van der Waals surface area contributed by atoms with Crippen molar-refractivity contribution in [1.29, 1.82) is 0 Å². The number of nitrogens with one attached hydrogen (secondary N) is 1. The van der Waals surface area contributed by atoms with Crippen molar-refractivity contribution >= 4 is 33.4 Å². The lowest BCUT2D eigenvalue weighted by atomic mass is 10.3. The molecule has 1 saturated heterocycles. The van der Waals surface area contributed by atoms with Crippen molar-refractivity contribution in [1.82, 2.24) is 19.6 Å². The van der Waals surface area contributed by atoms with E-state index in [2.05, 4.69) is 0 Å². The molecule has 0 bridgehead atoms. The first-order valence-electron chi connectivity index (χ1n) is 11.4. The first-order valence-corrected chi connectivity index (χ1v) is 13.2. The van der Waals surface area contributed by atoms with Gasteiger partial charge in [-0.15, -0.1) is 0 Å². The normalized spacial score (nSPS) is 14.4. The maximum atomic E-state index is 14.8. The van der Waals surface area contributed by atoms with E-state index in [1.165, 1.54) is 41.7 Å². The number of likely N-dealkylation sites (N-methyl/N-ethyl adjacent to an activating group) is 1. The van der Waals surface area contributed by atoms with Crippen molar-refractivity contribution in [2.75, 3.05) is 59.5 Å². The minimum Gasteiger partial charge on any atom is -0.451 e. The first-order chi connectivity index (χ1) is 18.0. The Bertz CT molecular complexity index is 1220. The molecule has 0 aliphatic carbocycles. The molecular formula is C23H27ClF2N4O7S. The summed E-state index contributed by atoms with van der Waals surface area (Å²) in [5.41, 5.74) is 1.33. The Hall–Kier alpha value is -2.88. The molecule has 1 heterocycles. The summed E-state index contributed by atoms with van der Waals surface area (Å²) in [6.07, 6.45) is 0. The SMILES string of the molecule is CN(CCN(CC(=O)NO)S(=O)(=O)c1cc(F)c(Oc2ccc(Cl)cc2)c(F)c1)C(=O)CN1CCOCC1. The maximum Gasteiger partial charge on any atom is 0.258 e. The monoisotopic (exact) mass is 576 g/mol. The lowest BCUT2D eigenvalue weighted by Crippen LogP contribution is -2.47. The third kappa shape index (κ3) is 7.82. The summed E-state index contributed by atoms with van der Waals surface area (Å²) in [5, 5.41) is 9.28. The average molecular weight is 577 g/mol. The number of hydrogen-bond donors (Lipinski definition) is 2. The van der Waals surface area contributed by atoms with Crippen molar-refractivity contribution in [3.63, 3.8) is 0 Å². The Morgan fingerprint density at radius 2 is 1.74 bits per heavy atom. The minimum atomic E-state index is -4.65. The van der Waals surface area contributed by atoms with Gasteiger partial charge < -0.3 is 14.4 Å². The highest BCUT2D eigenvalue weighted by atomic mass is 35.5. The molecule has 208 valence electrons. The highest BCUT2D eigenvalue weighted by Crippen LogP contribution is 2.31. The van der Waals surface area contributed by atoms with Gasteiger partial charge in [0.05, 0.1) is 31.2 Å². The Labute approximate surface area is 223 Å². The second kappa shape index (κ2) is 13.3. The quantitative estimate of drug-likeness (QED) is 0.306. The standard InChI is InChI=1S/C23H27ClF2N4O7S/c1-28(22(32)15-29-8-10-36-11-9-29)6-7-30(14-21(31)27-33)38(34,35)18-12-19(25)23(20(26)13-18)37-17-4-2-16(24)3-5-17/h2-5,12-13,33H,6-11,14-15H2,1H3,(H,27,31). The average Bonchev–Trinajstić information content (AvgIpc) is 2.89. The van der Waals surface area contributed by atoms with Crippen LogP contribution < -0.4 is 10.2 Å². The Morgan fingerprint density at radius 3 is 2.32 bits per heavy atom. The van der Waals surface area contributed by atoms with Crippen LogP contribution in [0, 0.1) is 11.6 Å². The van der Waals surface area contributed by atoms with E-state index in [0.717, 1.165) is 0 Å². The van der Waals surface area contributed by atoms with Crippen molar-refractivity contribution in [2.45, 2.75) is 4.90 Å². The van der Waals surface area contributed by atoms with E-state index in [9.17, 15) is 26.8 Å². The van der Waals surface area contributed by atoms with Gasteiger partial charge in [-0.3, -0.25) is 19.7 Å². The van der Waals surface area contributed by atoms with Crippen LogP contribution in [0.4, 0.5) is 8.78 Å². The van der Waals surface area contributed by atoms with Gasteiger partial charge in [0.1, 0.15) is 5.75 Å². The van der Waals surface area contributed by atoms with Gasteiger partial charge in [-0.2, -0.15) is 4.31 Å². The molecule has 15 heteroatoms. The third-order valence-corrected chi connectivity index (χ3v) is 7.74. The Morgan fingerprint density at radius 1 is 1.13 bits per heavy atom. The van der Waals surface area contributed by atoms with Crippen LogP contribution in [0.2, 0.25) is 5.02 Å². The first kappa shape index (κ1) is 29.7. The number of benzene rings is 2. The van der Waals surface area contributed by atoms with Crippen molar-refractivity contribution in [2.24, 2.45) is 0 Å². The summed E-state index contributed by atoms with van der Waals surface area (Å²) >= 11 is 5.78. The van der Waals surface area contributed by atoms with Crippen LogP contribution in [0.25, 0.3) is 0 Å². The number of carbonyl (C=O) groups is 2. The molecule has 0 atom stereocenters. The van der Waals surface area contributed by atoms with E-state index in [1.54, 1.807) is 0 Å². The predicted molar refractivity (Wildman–Crippen MR) is 131 cm³/mol. The van der Waals surface area contributed by atoms with Crippen molar-refractivity contribution < 1.29 is 41.5 Å². The summed E-state index contributed by atoms with van der Waals surface area (Å²) in [4.78, 5) is 26.7. The van der Waals surface area contributed by atoms with E-state index < -0.39 is 51.3 Å². The molecule has 0 unspecified atom stereocenters. The zero-order valence-corrected chi connectivity index (χ0v) is 22.0. The van der Waals surface area contributed by atoms with E-state index in [-0.39, 0.29) is 24.7 Å². The lowest BCUT2D eigenvalue weighted by molar-refractivity contribution is -0.132. The third-order valence-electron chi connectivity index (χ3n) is 5.66. The van der Waals surface area contributed by atoms with Gasteiger partial charge in [0.2, 0.25) is 15.9 Å². The lowest BCUT2D eigenvalue weighted by Gasteiger charge is -2.29. The van der Waals surface area contributed by atoms with Crippen LogP contribution in [0.15, 0.2) is 41.3 Å². The maximum absolute atomic E-state index is 14.8. The molecule has 1 aliphatic heterocycles. The van der Waals surface area contributed by atoms with Crippen LogP contribution in [-0.2, 0) is 24.3 Å². The fourth-order valence-electron chi connectivity index (χ4n) is 3.49. The number of nitrogens with zero attached hydrogens (tertiary/aromatic N) is 3. The molecule has 0 saturated carbocycles. The van der Waals surface area contributed by atoms with E-state index in [1.807, 2.05) is 4.90 Å². The second-order valence-electron chi connectivity index (χ2n) is 8.35. The van der Waals surface area contributed by atoms with Crippen LogP contribution in [-0.4, -0.2) is 99.1 Å². The zero-order valence-electron chi connectivity index (χ0n) is 20.4. The van der Waals surface area contributed by atoms with Crippen LogP contribution >= 0.6 is 11.6 Å². The molecular weight excluding hydrogens is 550 g/mol. The number of morpholine rings is 1. The topological polar surface area (TPSA) is 129 Å². The Balaban J connectivity index is 1.77. The van der Waals surface area contributed by atoms with Crippen molar-refractivity contribution in [3.8, 4) is 11.5 Å². The van der Waals surface area contributed by atoms with Gasteiger partial charge in [0.15, 0.2) is 17.4 Å². The smallest absolute Gasteiger partial charge is 0.258 e. The number of hydrogen-bond acceptors (Lipinski definition) is 8. The summed E-state index contributed by atoms with van der Waals surface area (Å²) in [5.74, 6) is -4.75. The van der Waals surface area contributed by atoms with Gasteiger partial charge in [0, 0.05) is 38.2 Å². The highest BCUT2D eigenvalue weighted by Gasteiger charge is 2.30. The molecule has 2 aromatic rings. The summed E-state index contributed by atoms with van der Waals surface area (Å²) < 4.78 is 67.1. The number of halogens is 3. The van der Waals surface area contributed by atoms with Gasteiger partial charge in [-0.1, -0.05) is 11.6 Å². The molecule has 11 nitrogen and oxygen atoms in total. The molecule has 38 heavy (non-hydrogen) atoms. The predicted octanol–water partition coefficient (Wildman–Crippen LogP) is 1.70. The number of hydroxylamine groups is 1. The number of amides is 2. The van der Waals surface area contributed by atoms with E-state index >= 15 is 0 Å². The molecule has 3 rings (SSSR count). The van der Waals surface area contributed by atoms with Crippen LogP contribution in [0.3, 0.4) is 0 Å². The second-order valence-corrected chi connectivity index (χ2v) is 10.7. The summed E-state index contributed by atoms with van der Waals surface area (Å²) in [6.45, 7) is 0.839. The number of rotatable bonds is 11. The molecule has 0 aromatic heterocycles. The van der Waals surface area contributed by atoms with Gasteiger partial charge >= 0.3 is 0 Å². The van der Waals surface area contributed by atoms with Gasteiger partial charge in [-0.05, 0) is 36.4 Å². The fraction of sp³-hybridized carbons (Fsp3) is 0.391. The van der Waals surface area contributed by atoms with Gasteiger partial charge in [0.25, 0.3) is 5.91 Å². The fourth-order valence-corrected chi connectivity index (χ4v) is 5.03. The Kier molecular flexibility index (Phi) is 10.4. The number of sulfonamides is 1. The largest absolute Gasteiger partial charge is 0.451 e. The number of carbonyl (C=O) groups excluding carboxylic acids is 2. The van der Waals surface area contributed by atoms with Crippen LogP contribution in [0.1, 0.15) is 0 Å². The highest BCUT2D eigenvalue weighted by molar-refractivity contribution is 7.89. The zero-order chi connectivity index (χ0) is 27.9. The van der Waals surface area contributed by atoms with Crippen molar-refractivity contribution in [3.05, 3.63) is 53.1 Å². The minimum absolute atomic E-state index is 0.0637. The van der Waals surface area contributed by atoms with Crippen LogP contribution in [0.5, 0.6) is 11.5 Å². The molecule has 1 aliphatic rings. The molecule has 1 fully saturated rings. The molecule has 2 amide bonds. The molecule has 2 aromatic carbocycles. The molecule has 0 radical (unpaired) electrons. The van der Waals surface area contributed by atoms with E-state index in [4.69, 9.17) is 26.3 Å². The van der Waals surface area contributed by atoms with Gasteiger partial charge in [-0.25, -0.2) is 22.7 Å². The summed E-state index contributed by atoms with van der Waals surface area (Å²) in [7, 11) is -3.19.